The quantitative estimate of drug-likeness (QED) is 0.535. The third-order valence-corrected chi connectivity index (χ3v) is 4.54. The van der Waals surface area contributed by atoms with Gasteiger partial charge in [-0.2, -0.15) is 0 Å². The fraction of sp³-hybridized carbons (Fsp3) is 0.143. The standard InChI is InChI=1S/C21H20O2/c1-2-21(16-10-5-3-6-11-16,17-12-7-4-8-13-17)18-14-9-15-19(22)20(18)23/h3-15,22-23H,2H2,1H3. The molecule has 0 bridgehead atoms. The fourth-order valence-electron chi connectivity index (χ4n) is 3.40. The van der Waals surface area contributed by atoms with E-state index in [-0.39, 0.29) is 11.5 Å². The highest BCUT2D eigenvalue weighted by molar-refractivity contribution is 5.58. The van der Waals surface area contributed by atoms with Gasteiger partial charge in [-0.25, -0.2) is 0 Å². The molecule has 0 aromatic heterocycles. The van der Waals surface area contributed by atoms with Gasteiger partial charge in [0.2, 0.25) is 0 Å². The molecule has 0 spiro atoms. The molecule has 0 saturated carbocycles. The van der Waals surface area contributed by atoms with Crippen molar-refractivity contribution in [3.8, 4) is 11.5 Å². The van der Waals surface area contributed by atoms with Gasteiger partial charge in [0.1, 0.15) is 0 Å². The Morgan fingerprint density at radius 2 is 1.22 bits per heavy atom. The molecule has 0 heterocycles. The smallest absolute Gasteiger partial charge is 0.161 e. The maximum absolute atomic E-state index is 10.5. The number of aromatic hydroxyl groups is 2. The minimum atomic E-state index is -0.509. The summed E-state index contributed by atoms with van der Waals surface area (Å²) in [5.41, 5.74) is 2.40. The molecule has 0 aliphatic heterocycles. The van der Waals surface area contributed by atoms with Crippen molar-refractivity contribution in [2.24, 2.45) is 0 Å². The number of phenolic OH excluding ortho intramolecular Hbond substituents is 2. The van der Waals surface area contributed by atoms with Gasteiger partial charge in [-0.15, -0.1) is 0 Å². The van der Waals surface area contributed by atoms with E-state index in [0.717, 1.165) is 23.1 Å². The highest BCUT2D eigenvalue weighted by atomic mass is 16.3. The normalized spacial score (nSPS) is 11.3. The fourth-order valence-corrected chi connectivity index (χ4v) is 3.40. The van der Waals surface area contributed by atoms with Crippen molar-refractivity contribution >= 4 is 0 Å². The van der Waals surface area contributed by atoms with Gasteiger partial charge in [-0.3, -0.25) is 0 Å². The summed E-state index contributed by atoms with van der Waals surface area (Å²) in [6.07, 6.45) is 0.762. The molecule has 0 atom stereocenters. The van der Waals surface area contributed by atoms with E-state index >= 15 is 0 Å². The molecular formula is C21H20O2. The predicted molar refractivity (Wildman–Crippen MR) is 92.8 cm³/mol. The van der Waals surface area contributed by atoms with Gasteiger partial charge < -0.3 is 10.2 Å². The van der Waals surface area contributed by atoms with Crippen LogP contribution in [-0.4, -0.2) is 10.2 Å². The lowest BCUT2D eigenvalue weighted by Crippen LogP contribution is -2.28. The van der Waals surface area contributed by atoms with E-state index < -0.39 is 5.41 Å². The summed E-state index contributed by atoms with van der Waals surface area (Å²) in [4.78, 5) is 0. The summed E-state index contributed by atoms with van der Waals surface area (Å²) >= 11 is 0. The first kappa shape index (κ1) is 15.2. The lowest BCUT2D eigenvalue weighted by Gasteiger charge is -2.35. The minimum Gasteiger partial charge on any atom is -0.504 e. The summed E-state index contributed by atoms with van der Waals surface area (Å²) in [5, 5.41) is 20.5. The molecule has 23 heavy (non-hydrogen) atoms. The number of para-hydroxylation sites is 1. The zero-order valence-corrected chi connectivity index (χ0v) is 13.1. The Labute approximate surface area is 136 Å². The van der Waals surface area contributed by atoms with Crippen molar-refractivity contribution in [3.05, 3.63) is 95.6 Å². The topological polar surface area (TPSA) is 40.5 Å². The van der Waals surface area contributed by atoms with Crippen molar-refractivity contribution < 1.29 is 10.2 Å². The second-order valence-corrected chi connectivity index (χ2v) is 5.66. The van der Waals surface area contributed by atoms with Crippen LogP contribution in [0, 0.1) is 0 Å². The monoisotopic (exact) mass is 304 g/mol. The first-order valence-corrected chi connectivity index (χ1v) is 7.82. The Kier molecular flexibility index (Phi) is 4.07. The highest BCUT2D eigenvalue weighted by Crippen LogP contribution is 2.47. The molecule has 0 amide bonds. The van der Waals surface area contributed by atoms with Crippen LogP contribution in [0.1, 0.15) is 30.0 Å². The largest absolute Gasteiger partial charge is 0.504 e. The van der Waals surface area contributed by atoms with Gasteiger partial charge in [-0.05, 0) is 23.6 Å². The molecule has 116 valence electrons. The van der Waals surface area contributed by atoms with Crippen LogP contribution in [-0.2, 0) is 5.41 Å². The molecule has 0 radical (unpaired) electrons. The van der Waals surface area contributed by atoms with Gasteiger partial charge in [-0.1, -0.05) is 79.7 Å². The molecule has 0 saturated heterocycles. The van der Waals surface area contributed by atoms with E-state index in [4.69, 9.17) is 0 Å². The maximum atomic E-state index is 10.5. The van der Waals surface area contributed by atoms with Gasteiger partial charge in [0.15, 0.2) is 11.5 Å². The Morgan fingerprint density at radius 3 is 1.70 bits per heavy atom. The lowest BCUT2D eigenvalue weighted by atomic mass is 9.67. The lowest BCUT2D eigenvalue weighted by molar-refractivity contribution is 0.390. The van der Waals surface area contributed by atoms with Crippen LogP contribution in [0.5, 0.6) is 11.5 Å². The summed E-state index contributed by atoms with van der Waals surface area (Å²) in [7, 11) is 0. The molecule has 0 aliphatic rings. The first-order chi connectivity index (χ1) is 11.2. The number of phenols is 2. The summed E-state index contributed by atoms with van der Waals surface area (Å²) < 4.78 is 0. The molecule has 3 rings (SSSR count). The number of benzene rings is 3. The second-order valence-electron chi connectivity index (χ2n) is 5.66. The molecule has 2 heteroatoms. The van der Waals surface area contributed by atoms with Crippen molar-refractivity contribution in [2.75, 3.05) is 0 Å². The third-order valence-electron chi connectivity index (χ3n) is 4.54. The van der Waals surface area contributed by atoms with Crippen LogP contribution in [0.25, 0.3) is 0 Å². The highest BCUT2D eigenvalue weighted by Gasteiger charge is 2.37. The zero-order chi connectivity index (χ0) is 16.3. The summed E-state index contributed by atoms with van der Waals surface area (Å²) in [6.45, 7) is 2.10. The van der Waals surface area contributed by atoms with Crippen LogP contribution < -0.4 is 0 Å². The van der Waals surface area contributed by atoms with Crippen molar-refractivity contribution in [1.29, 1.82) is 0 Å². The SMILES string of the molecule is CCC(c1ccccc1)(c1ccccc1)c1cccc(O)c1O. The van der Waals surface area contributed by atoms with Crippen LogP contribution >= 0.6 is 0 Å². The first-order valence-electron chi connectivity index (χ1n) is 7.82. The van der Waals surface area contributed by atoms with Gasteiger partial charge >= 0.3 is 0 Å². The number of hydrogen-bond donors (Lipinski definition) is 2. The Hall–Kier alpha value is -2.74. The maximum Gasteiger partial charge on any atom is 0.161 e. The Balaban J connectivity index is 2.36. The summed E-state index contributed by atoms with van der Waals surface area (Å²) in [6, 6.07) is 25.4. The molecular weight excluding hydrogens is 284 g/mol. The second kappa shape index (κ2) is 6.17. The molecule has 3 aromatic rings. The van der Waals surface area contributed by atoms with E-state index in [1.165, 1.54) is 6.07 Å². The van der Waals surface area contributed by atoms with Crippen molar-refractivity contribution in [1.82, 2.24) is 0 Å². The van der Waals surface area contributed by atoms with E-state index in [2.05, 4.69) is 31.2 Å². The average molecular weight is 304 g/mol. The van der Waals surface area contributed by atoms with Crippen LogP contribution in [0.3, 0.4) is 0 Å². The number of hydrogen-bond acceptors (Lipinski definition) is 2. The van der Waals surface area contributed by atoms with Gasteiger partial charge in [0, 0.05) is 11.0 Å². The van der Waals surface area contributed by atoms with E-state index in [1.54, 1.807) is 6.07 Å². The van der Waals surface area contributed by atoms with Crippen LogP contribution in [0.15, 0.2) is 78.9 Å². The van der Waals surface area contributed by atoms with Crippen molar-refractivity contribution in [3.63, 3.8) is 0 Å². The molecule has 0 unspecified atom stereocenters. The van der Waals surface area contributed by atoms with E-state index in [1.807, 2.05) is 42.5 Å². The zero-order valence-electron chi connectivity index (χ0n) is 13.1. The molecule has 2 N–H and O–H groups in total. The molecule has 3 aromatic carbocycles. The molecule has 0 aliphatic carbocycles. The Bertz CT molecular complexity index is 740. The summed E-state index contributed by atoms with van der Waals surface area (Å²) in [5.74, 6) is -0.144. The van der Waals surface area contributed by atoms with E-state index in [0.29, 0.717) is 0 Å². The third kappa shape index (κ3) is 2.46. The minimum absolute atomic E-state index is 0.0537. The molecule has 2 nitrogen and oxygen atoms in total. The number of rotatable bonds is 4. The predicted octanol–water partition coefficient (Wildman–Crippen LogP) is 4.84. The molecule has 0 fully saturated rings. The van der Waals surface area contributed by atoms with E-state index in [9.17, 15) is 10.2 Å². The van der Waals surface area contributed by atoms with Gasteiger partial charge in [0.25, 0.3) is 0 Å². The van der Waals surface area contributed by atoms with Crippen LogP contribution in [0.2, 0.25) is 0 Å². The average Bonchev–Trinajstić information content (AvgIpc) is 2.61. The van der Waals surface area contributed by atoms with Crippen LogP contribution in [0.4, 0.5) is 0 Å². The Morgan fingerprint density at radius 1 is 0.696 bits per heavy atom. The van der Waals surface area contributed by atoms with Gasteiger partial charge in [0.05, 0.1) is 0 Å². The van der Waals surface area contributed by atoms with Crippen molar-refractivity contribution in [2.45, 2.75) is 18.8 Å².